The molecule has 0 fully saturated rings. The van der Waals surface area contributed by atoms with Crippen LogP contribution in [0, 0.1) is 0 Å². The van der Waals surface area contributed by atoms with Crippen molar-refractivity contribution in [3.05, 3.63) is 35.0 Å². The number of alkyl halides is 6. The highest BCUT2D eigenvalue weighted by Gasteiger charge is 2.43. The number of halogens is 7. The van der Waals surface area contributed by atoms with Crippen LogP contribution >= 0.6 is 23.4 Å². The van der Waals surface area contributed by atoms with E-state index in [-0.39, 0.29) is 38.7 Å². The number of fused-ring (bicyclic) bond motifs is 1. The van der Waals surface area contributed by atoms with Crippen molar-refractivity contribution in [2.45, 2.75) is 30.5 Å². The van der Waals surface area contributed by atoms with Crippen LogP contribution < -0.4 is 0 Å². The van der Waals surface area contributed by atoms with Crippen LogP contribution in [0.25, 0.3) is 10.9 Å². The van der Waals surface area contributed by atoms with Crippen LogP contribution in [0.5, 0.6) is 0 Å². The summed E-state index contributed by atoms with van der Waals surface area (Å²) in [6.45, 7) is -0.616. The predicted octanol–water partition coefficient (Wildman–Crippen LogP) is 5.66. The van der Waals surface area contributed by atoms with E-state index in [9.17, 15) is 31.4 Å². The molecule has 1 atom stereocenters. The van der Waals surface area contributed by atoms with Gasteiger partial charge in [0.2, 0.25) is 0 Å². The lowest BCUT2D eigenvalue weighted by Gasteiger charge is -2.30. The molecule has 140 valence electrons. The first-order chi connectivity index (χ1) is 11.4. The van der Waals surface area contributed by atoms with Crippen LogP contribution in [0.3, 0.4) is 0 Å². The summed E-state index contributed by atoms with van der Waals surface area (Å²) in [6.07, 6.45) is -5.16. The summed E-state index contributed by atoms with van der Waals surface area (Å²) in [6, 6.07) is 4.73. The predicted molar refractivity (Wildman–Crippen MR) is 85.8 cm³/mol. The minimum atomic E-state index is -4.89. The van der Waals surface area contributed by atoms with Gasteiger partial charge in [-0.25, -0.2) is 4.39 Å². The highest BCUT2D eigenvalue weighted by atomic mass is 35.5. The summed E-state index contributed by atoms with van der Waals surface area (Å²) in [7, 11) is 0. The first-order valence-electron chi connectivity index (χ1n) is 7.12. The average Bonchev–Trinajstić information content (AvgIpc) is 2.92. The first kappa shape index (κ1) is 20.3. The van der Waals surface area contributed by atoms with E-state index in [2.05, 4.69) is 0 Å². The summed E-state index contributed by atoms with van der Waals surface area (Å²) in [4.78, 5) is 0. The van der Waals surface area contributed by atoms with Crippen molar-refractivity contribution in [3.8, 4) is 0 Å². The van der Waals surface area contributed by atoms with Gasteiger partial charge < -0.3 is 5.11 Å². The van der Waals surface area contributed by atoms with Crippen molar-refractivity contribution in [2.75, 3.05) is 12.4 Å². The van der Waals surface area contributed by atoms with Crippen molar-refractivity contribution < 1.29 is 31.4 Å². The van der Waals surface area contributed by atoms with Crippen molar-refractivity contribution in [3.63, 3.8) is 0 Å². The maximum atomic E-state index is 13.5. The van der Waals surface area contributed by atoms with Crippen LogP contribution in [-0.4, -0.2) is 27.4 Å². The summed E-state index contributed by atoms with van der Waals surface area (Å²) in [5, 5.41) is 7.14. The van der Waals surface area contributed by atoms with Gasteiger partial charge in [-0.1, -0.05) is 30.3 Å². The molecule has 0 radical (unpaired) electrons. The van der Waals surface area contributed by atoms with Gasteiger partial charge in [-0.2, -0.15) is 8.78 Å². The second-order valence-corrected chi connectivity index (χ2v) is 7.09. The fourth-order valence-corrected chi connectivity index (χ4v) is 3.48. The number of nitrogens with zero attached hydrogens (tertiary/aromatic N) is 1. The molecule has 0 amide bonds. The number of aliphatic hydroxyl groups is 1. The topological polar surface area (TPSA) is 25.2 Å². The summed E-state index contributed by atoms with van der Waals surface area (Å²) >= 11 is 5.56. The Morgan fingerprint density at radius 2 is 1.80 bits per heavy atom. The number of benzene rings is 1. The lowest BCUT2D eigenvalue weighted by molar-refractivity contribution is -0.205. The number of hydrogen-bond acceptors (Lipinski definition) is 2. The van der Waals surface area contributed by atoms with Crippen LogP contribution in [0.2, 0.25) is 5.02 Å². The monoisotopic (exact) mass is 405 g/mol. The largest absolute Gasteiger partial charge is 0.489 e. The Hall–Kier alpha value is -1.06. The highest BCUT2D eigenvalue weighted by molar-refractivity contribution is 8.00. The SMILES string of the molecule is CCC(O)(CSC(F)(F)CF)c1cc2cc(Cl)ccc2n1C(F)(F)F. The maximum Gasteiger partial charge on any atom is 0.489 e. The minimum absolute atomic E-state index is 0.0592. The molecule has 1 heterocycles. The van der Waals surface area contributed by atoms with Crippen LogP contribution in [0.4, 0.5) is 26.3 Å². The van der Waals surface area contributed by atoms with E-state index in [1.807, 2.05) is 0 Å². The standard InChI is InChI=1S/C15H14ClF6NOS/c1-2-13(24,8-25-14(18,19)7-17)12-6-9-5-10(16)3-4-11(9)23(12)15(20,21)22/h3-6,24H,2,7-8H2,1H3. The molecule has 0 aliphatic carbocycles. The number of aromatic nitrogens is 1. The van der Waals surface area contributed by atoms with Gasteiger partial charge in [0.1, 0.15) is 5.60 Å². The van der Waals surface area contributed by atoms with E-state index in [0.29, 0.717) is 0 Å². The van der Waals surface area contributed by atoms with Gasteiger partial charge in [0.25, 0.3) is 0 Å². The molecule has 1 N–H and O–H groups in total. The van der Waals surface area contributed by atoms with Gasteiger partial charge in [-0.05, 0) is 30.7 Å². The lowest BCUT2D eigenvalue weighted by Crippen LogP contribution is -2.35. The van der Waals surface area contributed by atoms with E-state index < -0.39 is 35.3 Å². The zero-order valence-corrected chi connectivity index (χ0v) is 14.5. The van der Waals surface area contributed by atoms with Gasteiger partial charge in [0.05, 0.1) is 11.2 Å². The second kappa shape index (κ2) is 6.92. The molecule has 0 bridgehead atoms. The normalized spacial score (nSPS) is 15.6. The molecule has 25 heavy (non-hydrogen) atoms. The molecule has 0 aliphatic heterocycles. The molecule has 2 aromatic rings. The van der Waals surface area contributed by atoms with Crippen LogP contribution in [0.1, 0.15) is 19.0 Å². The molecule has 0 saturated carbocycles. The van der Waals surface area contributed by atoms with Crippen LogP contribution in [-0.2, 0) is 11.9 Å². The Balaban J connectivity index is 2.60. The molecule has 2 nitrogen and oxygen atoms in total. The number of rotatable bonds is 6. The van der Waals surface area contributed by atoms with Crippen molar-refractivity contribution in [1.29, 1.82) is 0 Å². The Bertz CT molecular complexity index is 762. The van der Waals surface area contributed by atoms with Gasteiger partial charge >= 0.3 is 11.6 Å². The quantitative estimate of drug-likeness (QED) is 0.627. The third kappa shape index (κ3) is 4.20. The average molecular weight is 406 g/mol. The zero-order valence-electron chi connectivity index (χ0n) is 12.9. The molecular weight excluding hydrogens is 392 g/mol. The van der Waals surface area contributed by atoms with Crippen LogP contribution in [0.15, 0.2) is 24.3 Å². The zero-order chi connectivity index (χ0) is 19.0. The third-order valence-electron chi connectivity index (χ3n) is 3.76. The third-order valence-corrected chi connectivity index (χ3v) is 5.14. The lowest BCUT2D eigenvalue weighted by atomic mass is 9.98. The highest BCUT2D eigenvalue weighted by Crippen LogP contribution is 2.42. The molecule has 1 unspecified atom stereocenters. The molecule has 0 saturated heterocycles. The fraction of sp³-hybridized carbons (Fsp3) is 0.467. The van der Waals surface area contributed by atoms with Gasteiger partial charge in [-0.15, -0.1) is 13.2 Å². The molecule has 1 aromatic carbocycles. The molecule has 2 rings (SSSR count). The minimum Gasteiger partial charge on any atom is -0.383 e. The second-order valence-electron chi connectivity index (χ2n) is 5.48. The molecular formula is C15H14ClF6NOS. The van der Waals surface area contributed by atoms with E-state index in [4.69, 9.17) is 11.6 Å². The maximum absolute atomic E-state index is 13.5. The number of thioether (sulfide) groups is 1. The van der Waals surface area contributed by atoms with Crippen molar-refractivity contribution in [2.24, 2.45) is 0 Å². The van der Waals surface area contributed by atoms with E-state index in [0.717, 1.165) is 12.1 Å². The first-order valence-corrected chi connectivity index (χ1v) is 8.49. The van der Waals surface area contributed by atoms with Gasteiger partial charge in [0.15, 0.2) is 6.67 Å². The Morgan fingerprint density at radius 3 is 2.32 bits per heavy atom. The molecule has 0 spiro atoms. The van der Waals surface area contributed by atoms with E-state index in [1.54, 1.807) is 0 Å². The summed E-state index contributed by atoms with van der Waals surface area (Å²) < 4.78 is 79.1. The number of hydrogen-bond donors (Lipinski definition) is 1. The molecule has 0 aliphatic rings. The van der Waals surface area contributed by atoms with Crippen molar-refractivity contribution >= 4 is 34.3 Å². The van der Waals surface area contributed by atoms with E-state index >= 15 is 0 Å². The summed E-state index contributed by atoms with van der Waals surface area (Å²) in [5.41, 5.74) is -3.09. The van der Waals surface area contributed by atoms with E-state index in [1.165, 1.54) is 19.1 Å². The Morgan fingerprint density at radius 1 is 1.16 bits per heavy atom. The Labute approximate surface area is 148 Å². The summed E-state index contributed by atoms with van der Waals surface area (Å²) in [5.74, 6) is -0.805. The fourth-order valence-electron chi connectivity index (χ4n) is 2.42. The van der Waals surface area contributed by atoms with Crippen molar-refractivity contribution in [1.82, 2.24) is 4.57 Å². The molecule has 10 heteroatoms. The smallest absolute Gasteiger partial charge is 0.383 e. The Kier molecular flexibility index (Phi) is 5.61. The van der Waals surface area contributed by atoms with Gasteiger partial charge in [-0.3, -0.25) is 4.57 Å². The van der Waals surface area contributed by atoms with Gasteiger partial charge in [0, 0.05) is 16.2 Å². The molecule has 1 aromatic heterocycles.